The molecule has 0 spiro atoms. The van der Waals surface area contributed by atoms with Crippen LogP contribution in [0.15, 0.2) is 24.3 Å². The van der Waals surface area contributed by atoms with Gasteiger partial charge in [-0.15, -0.1) is 0 Å². The smallest absolute Gasteiger partial charge is 0.222 e. The van der Waals surface area contributed by atoms with Gasteiger partial charge in [0.2, 0.25) is 5.91 Å². The number of carbonyl (C=O) groups excluding carboxylic acids is 1. The van der Waals surface area contributed by atoms with Crippen LogP contribution < -0.4 is 0 Å². The van der Waals surface area contributed by atoms with Crippen LogP contribution in [0.4, 0.5) is 4.39 Å². The first-order chi connectivity index (χ1) is 10.8. The van der Waals surface area contributed by atoms with Crippen LogP contribution in [0.5, 0.6) is 0 Å². The SMILES string of the molecule is CC(CC(=O)N1CCC(C)(N(C)C)CC1)Cc1cccc(F)c1. The van der Waals surface area contributed by atoms with Crippen LogP contribution >= 0.6 is 0 Å². The molecule has 0 aliphatic carbocycles. The Morgan fingerprint density at radius 2 is 2.00 bits per heavy atom. The third-order valence-electron chi connectivity index (χ3n) is 5.27. The van der Waals surface area contributed by atoms with Crippen LogP contribution in [-0.2, 0) is 11.2 Å². The van der Waals surface area contributed by atoms with Crippen molar-refractivity contribution in [2.45, 2.75) is 45.1 Å². The Bertz CT molecular complexity index is 536. The summed E-state index contributed by atoms with van der Waals surface area (Å²) in [7, 11) is 4.22. The highest BCUT2D eigenvalue weighted by Crippen LogP contribution is 2.27. The zero-order valence-corrected chi connectivity index (χ0v) is 14.8. The van der Waals surface area contributed by atoms with Gasteiger partial charge in [0.1, 0.15) is 5.82 Å². The molecule has 1 aliphatic heterocycles. The first-order valence-corrected chi connectivity index (χ1v) is 8.50. The van der Waals surface area contributed by atoms with Crippen molar-refractivity contribution in [1.82, 2.24) is 9.80 Å². The first-order valence-electron chi connectivity index (χ1n) is 8.50. The normalized spacial score (nSPS) is 19.0. The van der Waals surface area contributed by atoms with Gasteiger partial charge in [-0.1, -0.05) is 19.1 Å². The Morgan fingerprint density at radius 1 is 1.35 bits per heavy atom. The molecule has 3 nitrogen and oxygen atoms in total. The zero-order valence-electron chi connectivity index (χ0n) is 14.8. The standard InChI is InChI=1S/C19H29FN2O/c1-15(12-16-6-5-7-17(20)14-16)13-18(23)22-10-8-19(2,9-11-22)21(3)4/h5-7,14-15H,8-13H2,1-4H3. The van der Waals surface area contributed by atoms with E-state index in [1.54, 1.807) is 12.1 Å². The van der Waals surface area contributed by atoms with Crippen molar-refractivity contribution in [2.24, 2.45) is 5.92 Å². The van der Waals surface area contributed by atoms with Gasteiger partial charge in [-0.05, 0) is 63.9 Å². The summed E-state index contributed by atoms with van der Waals surface area (Å²) in [6.07, 6.45) is 3.32. The fraction of sp³-hybridized carbons (Fsp3) is 0.632. The molecule has 0 aromatic heterocycles. The highest BCUT2D eigenvalue weighted by atomic mass is 19.1. The van der Waals surface area contributed by atoms with E-state index in [4.69, 9.17) is 0 Å². The molecule has 0 N–H and O–H groups in total. The summed E-state index contributed by atoms with van der Waals surface area (Å²) in [5, 5.41) is 0. The Kier molecular flexibility index (Phi) is 5.79. The summed E-state index contributed by atoms with van der Waals surface area (Å²) in [4.78, 5) is 16.7. The van der Waals surface area contributed by atoms with Crippen LogP contribution in [-0.4, -0.2) is 48.4 Å². The lowest BCUT2D eigenvalue weighted by atomic mass is 9.88. The van der Waals surface area contributed by atoms with Gasteiger partial charge in [0.05, 0.1) is 0 Å². The molecule has 128 valence electrons. The second-order valence-corrected chi connectivity index (χ2v) is 7.42. The average Bonchev–Trinajstić information content (AvgIpc) is 2.47. The molecule has 0 bridgehead atoms. The van der Waals surface area contributed by atoms with Crippen molar-refractivity contribution >= 4 is 5.91 Å². The Balaban J connectivity index is 1.83. The number of amides is 1. The van der Waals surface area contributed by atoms with Crippen molar-refractivity contribution in [2.75, 3.05) is 27.2 Å². The van der Waals surface area contributed by atoms with E-state index in [0.29, 0.717) is 6.42 Å². The number of carbonyl (C=O) groups is 1. The maximum atomic E-state index is 13.2. The van der Waals surface area contributed by atoms with Gasteiger partial charge >= 0.3 is 0 Å². The maximum absolute atomic E-state index is 13.2. The number of nitrogens with zero attached hydrogens (tertiary/aromatic N) is 2. The van der Waals surface area contributed by atoms with E-state index < -0.39 is 0 Å². The van der Waals surface area contributed by atoms with E-state index in [1.807, 2.05) is 11.0 Å². The number of likely N-dealkylation sites (tertiary alicyclic amines) is 1. The highest BCUT2D eigenvalue weighted by molar-refractivity contribution is 5.76. The van der Waals surface area contributed by atoms with Gasteiger partial charge in [0.15, 0.2) is 0 Å². The van der Waals surface area contributed by atoms with Gasteiger partial charge in [0.25, 0.3) is 0 Å². The summed E-state index contributed by atoms with van der Waals surface area (Å²) in [5.74, 6) is 0.251. The van der Waals surface area contributed by atoms with Gasteiger partial charge in [-0.2, -0.15) is 0 Å². The molecule has 1 atom stereocenters. The van der Waals surface area contributed by atoms with Crippen LogP contribution in [0.1, 0.15) is 38.7 Å². The number of rotatable bonds is 5. The Morgan fingerprint density at radius 3 is 2.57 bits per heavy atom. The summed E-state index contributed by atoms with van der Waals surface area (Å²) in [6, 6.07) is 6.67. The van der Waals surface area contributed by atoms with Gasteiger partial charge in [0, 0.05) is 25.0 Å². The van der Waals surface area contributed by atoms with Crippen LogP contribution in [0, 0.1) is 11.7 Å². The minimum absolute atomic E-state index is 0.198. The molecule has 4 heteroatoms. The molecule has 1 amide bonds. The highest BCUT2D eigenvalue weighted by Gasteiger charge is 2.33. The second-order valence-electron chi connectivity index (χ2n) is 7.42. The minimum Gasteiger partial charge on any atom is -0.343 e. The largest absolute Gasteiger partial charge is 0.343 e. The van der Waals surface area contributed by atoms with E-state index in [9.17, 15) is 9.18 Å². The molecule has 1 aromatic rings. The lowest BCUT2D eigenvalue weighted by Gasteiger charge is -2.44. The fourth-order valence-electron chi connectivity index (χ4n) is 3.25. The molecule has 2 rings (SSSR count). The third kappa shape index (κ3) is 4.77. The van der Waals surface area contributed by atoms with Crippen LogP contribution in [0.2, 0.25) is 0 Å². The molecular formula is C19H29FN2O. The molecule has 1 unspecified atom stereocenters. The second kappa shape index (κ2) is 7.43. The third-order valence-corrected chi connectivity index (χ3v) is 5.27. The predicted molar refractivity (Wildman–Crippen MR) is 91.8 cm³/mol. The van der Waals surface area contributed by atoms with E-state index in [0.717, 1.165) is 37.9 Å². The summed E-state index contributed by atoms with van der Waals surface area (Å²) in [5.41, 5.74) is 1.16. The molecular weight excluding hydrogens is 291 g/mol. The van der Waals surface area contributed by atoms with Crippen molar-refractivity contribution < 1.29 is 9.18 Å². The summed E-state index contributed by atoms with van der Waals surface area (Å²) >= 11 is 0. The number of benzene rings is 1. The predicted octanol–water partition coefficient (Wildman–Crippen LogP) is 3.34. The monoisotopic (exact) mass is 320 g/mol. The van der Waals surface area contributed by atoms with Crippen molar-refractivity contribution in [3.63, 3.8) is 0 Å². The molecule has 1 saturated heterocycles. The lowest BCUT2D eigenvalue weighted by Crippen LogP contribution is -2.52. The fourth-order valence-corrected chi connectivity index (χ4v) is 3.25. The average molecular weight is 320 g/mol. The number of hydrogen-bond donors (Lipinski definition) is 0. The molecule has 0 radical (unpaired) electrons. The van der Waals surface area contributed by atoms with E-state index >= 15 is 0 Å². The van der Waals surface area contributed by atoms with E-state index in [1.165, 1.54) is 6.07 Å². The quantitative estimate of drug-likeness (QED) is 0.831. The van der Waals surface area contributed by atoms with Crippen molar-refractivity contribution in [1.29, 1.82) is 0 Å². The number of halogens is 1. The van der Waals surface area contributed by atoms with Crippen LogP contribution in [0.25, 0.3) is 0 Å². The van der Waals surface area contributed by atoms with Crippen molar-refractivity contribution in [3.8, 4) is 0 Å². The first kappa shape index (κ1) is 17.9. The molecule has 1 aromatic carbocycles. The summed E-state index contributed by atoms with van der Waals surface area (Å²) < 4.78 is 13.2. The van der Waals surface area contributed by atoms with Crippen LogP contribution in [0.3, 0.4) is 0 Å². The van der Waals surface area contributed by atoms with Gasteiger partial charge in [-0.3, -0.25) is 4.79 Å². The number of piperidine rings is 1. The molecule has 23 heavy (non-hydrogen) atoms. The molecule has 1 heterocycles. The molecule has 1 aliphatic rings. The van der Waals surface area contributed by atoms with Gasteiger partial charge < -0.3 is 9.80 Å². The molecule has 1 fully saturated rings. The van der Waals surface area contributed by atoms with E-state index in [2.05, 4.69) is 32.8 Å². The molecule has 0 saturated carbocycles. The maximum Gasteiger partial charge on any atom is 0.222 e. The number of hydrogen-bond acceptors (Lipinski definition) is 2. The lowest BCUT2D eigenvalue weighted by molar-refractivity contribution is -0.134. The Hall–Kier alpha value is -1.42. The Labute approximate surface area is 139 Å². The zero-order chi connectivity index (χ0) is 17.0. The minimum atomic E-state index is -0.208. The van der Waals surface area contributed by atoms with Gasteiger partial charge in [-0.25, -0.2) is 4.39 Å². The summed E-state index contributed by atoms with van der Waals surface area (Å²) in [6.45, 7) is 6.00. The van der Waals surface area contributed by atoms with Crippen molar-refractivity contribution in [3.05, 3.63) is 35.6 Å². The topological polar surface area (TPSA) is 23.6 Å². The van der Waals surface area contributed by atoms with E-state index in [-0.39, 0.29) is 23.2 Å².